The first-order chi connectivity index (χ1) is 15.2. The van der Waals surface area contributed by atoms with Crippen LogP contribution in [0.25, 0.3) is 22.4 Å². The lowest BCUT2D eigenvalue weighted by atomic mass is 9.95. The van der Waals surface area contributed by atoms with E-state index in [-0.39, 0.29) is 6.61 Å². The zero-order valence-corrected chi connectivity index (χ0v) is 17.5. The Morgan fingerprint density at radius 2 is 1.45 bits per heavy atom. The van der Waals surface area contributed by atoms with Crippen molar-refractivity contribution in [2.24, 2.45) is 0 Å². The number of hydrogen-bond donors (Lipinski definition) is 1. The van der Waals surface area contributed by atoms with Crippen LogP contribution >= 0.6 is 0 Å². The maximum Gasteiger partial charge on any atom is 0.342 e. The molecule has 0 aliphatic heterocycles. The summed E-state index contributed by atoms with van der Waals surface area (Å²) in [6, 6.07) is 27.3. The highest BCUT2D eigenvalue weighted by molar-refractivity contribution is 6.05. The van der Waals surface area contributed by atoms with Gasteiger partial charge in [0.25, 0.3) is 0 Å². The summed E-state index contributed by atoms with van der Waals surface area (Å²) in [4.78, 5) is 13.2. The van der Waals surface area contributed by atoms with E-state index in [0.29, 0.717) is 22.6 Å². The highest BCUT2D eigenvalue weighted by atomic mass is 16.5. The van der Waals surface area contributed by atoms with Gasteiger partial charge in [0.1, 0.15) is 11.3 Å². The van der Waals surface area contributed by atoms with Crippen LogP contribution in [-0.4, -0.2) is 22.8 Å². The molecule has 0 saturated heterocycles. The number of aromatic nitrogens is 2. The van der Waals surface area contributed by atoms with Gasteiger partial charge in [0, 0.05) is 16.8 Å². The smallest absolute Gasteiger partial charge is 0.342 e. The lowest BCUT2D eigenvalue weighted by Gasteiger charge is -2.17. The second kappa shape index (κ2) is 9.22. The summed E-state index contributed by atoms with van der Waals surface area (Å²) in [5.74, 6) is -0.0797. The van der Waals surface area contributed by atoms with Crippen molar-refractivity contribution >= 4 is 17.5 Å². The van der Waals surface area contributed by atoms with Gasteiger partial charge in [-0.2, -0.15) is 0 Å². The van der Waals surface area contributed by atoms with Crippen molar-refractivity contribution < 1.29 is 9.53 Å². The van der Waals surface area contributed by atoms with E-state index in [1.807, 2.05) is 91.9 Å². The molecule has 0 bridgehead atoms. The normalized spacial score (nSPS) is 10.5. The van der Waals surface area contributed by atoms with Crippen molar-refractivity contribution in [1.29, 1.82) is 0 Å². The number of ether oxygens (including phenoxy) is 1. The molecular formula is C26H23N3O2. The van der Waals surface area contributed by atoms with E-state index in [1.165, 1.54) is 0 Å². The van der Waals surface area contributed by atoms with Crippen molar-refractivity contribution in [3.05, 3.63) is 96.1 Å². The van der Waals surface area contributed by atoms with Crippen LogP contribution in [-0.2, 0) is 4.74 Å². The van der Waals surface area contributed by atoms with Gasteiger partial charge in [-0.25, -0.2) is 4.79 Å². The van der Waals surface area contributed by atoms with Crippen LogP contribution in [0.4, 0.5) is 11.5 Å². The summed E-state index contributed by atoms with van der Waals surface area (Å²) in [6.07, 6.45) is 0. The third-order valence-electron chi connectivity index (χ3n) is 4.88. The molecule has 0 aliphatic carbocycles. The SMILES string of the molecule is CCOC(=O)c1c(Nc2ccc(C)cc2)nnc(-c2ccccc2)c1-c1ccccc1. The summed E-state index contributed by atoms with van der Waals surface area (Å²) in [6.45, 7) is 4.08. The number of aryl methyl sites for hydroxylation is 1. The van der Waals surface area contributed by atoms with Crippen molar-refractivity contribution in [1.82, 2.24) is 10.2 Å². The van der Waals surface area contributed by atoms with E-state index in [0.717, 1.165) is 22.4 Å². The largest absolute Gasteiger partial charge is 0.462 e. The predicted molar refractivity (Wildman–Crippen MR) is 123 cm³/mol. The van der Waals surface area contributed by atoms with Gasteiger partial charge in [-0.15, -0.1) is 10.2 Å². The lowest BCUT2D eigenvalue weighted by Crippen LogP contribution is -2.13. The monoisotopic (exact) mass is 409 g/mol. The van der Waals surface area contributed by atoms with E-state index in [1.54, 1.807) is 6.92 Å². The van der Waals surface area contributed by atoms with E-state index in [2.05, 4.69) is 15.5 Å². The zero-order valence-electron chi connectivity index (χ0n) is 17.5. The molecule has 0 saturated carbocycles. The number of rotatable bonds is 6. The van der Waals surface area contributed by atoms with E-state index < -0.39 is 5.97 Å². The predicted octanol–water partition coefficient (Wildman–Crippen LogP) is 6.04. The molecule has 154 valence electrons. The molecular weight excluding hydrogens is 386 g/mol. The van der Waals surface area contributed by atoms with Crippen molar-refractivity contribution in [3.63, 3.8) is 0 Å². The molecule has 1 N–H and O–H groups in total. The fourth-order valence-electron chi connectivity index (χ4n) is 3.38. The van der Waals surface area contributed by atoms with Crippen molar-refractivity contribution in [3.8, 4) is 22.4 Å². The molecule has 0 atom stereocenters. The maximum atomic E-state index is 13.2. The Labute approximate surface area is 181 Å². The molecule has 3 aromatic carbocycles. The molecule has 0 amide bonds. The molecule has 0 radical (unpaired) electrons. The first-order valence-corrected chi connectivity index (χ1v) is 10.2. The molecule has 0 fully saturated rings. The van der Waals surface area contributed by atoms with Crippen molar-refractivity contribution in [2.45, 2.75) is 13.8 Å². The Kier molecular flexibility index (Phi) is 6.03. The van der Waals surface area contributed by atoms with E-state index >= 15 is 0 Å². The zero-order chi connectivity index (χ0) is 21.6. The standard InChI is InChI=1S/C26H23N3O2/c1-3-31-26(30)23-22(19-10-6-4-7-11-19)24(20-12-8-5-9-13-20)28-29-25(23)27-21-16-14-18(2)15-17-21/h4-17H,3H2,1-2H3,(H,27,29). The Hall–Kier alpha value is -3.99. The lowest BCUT2D eigenvalue weighted by molar-refractivity contribution is 0.0528. The summed E-state index contributed by atoms with van der Waals surface area (Å²) < 4.78 is 5.43. The number of esters is 1. The van der Waals surface area contributed by atoms with Crippen LogP contribution in [0.15, 0.2) is 84.9 Å². The van der Waals surface area contributed by atoms with Crippen molar-refractivity contribution in [2.75, 3.05) is 11.9 Å². The van der Waals surface area contributed by atoms with Gasteiger partial charge in [-0.3, -0.25) is 0 Å². The summed E-state index contributed by atoms with van der Waals surface area (Å²) >= 11 is 0. The number of nitrogens with one attached hydrogen (secondary N) is 1. The Bertz CT molecular complexity index is 1170. The Balaban J connectivity index is 1.96. The summed E-state index contributed by atoms with van der Waals surface area (Å²) in [5.41, 5.74) is 5.39. The number of benzene rings is 3. The minimum absolute atomic E-state index is 0.264. The molecule has 0 unspecified atom stereocenters. The van der Waals surface area contributed by atoms with E-state index in [4.69, 9.17) is 4.74 Å². The van der Waals surface area contributed by atoms with Crippen LogP contribution in [0.3, 0.4) is 0 Å². The van der Waals surface area contributed by atoms with Crippen LogP contribution in [0, 0.1) is 6.92 Å². The topological polar surface area (TPSA) is 64.1 Å². The summed E-state index contributed by atoms with van der Waals surface area (Å²) in [7, 11) is 0. The molecule has 1 heterocycles. The van der Waals surface area contributed by atoms with Crippen LogP contribution in [0.1, 0.15) is 22.8 Å². The minimum Gasteiger partial charge on any atom is -0.462 e. The van der Waals surface area contributed by atoms with Crippen LogP contribution in [0.5, 0.6) is 0 Å². The fraction of sp³-hybridized carbons (Fsp3) is 0.115. The first-order valence-electron chi connectivity index (χ1n) is 10.2. The number of anilines is 2. The van der Waals surface area contributed by atoms with Gasteiger partial charge in [0.05, 0.1) is 6.61 Å². The molecule has 1 aromatic heterocycles. The second-order valence-corrected chi connectivity index (χ2v) is 7.09. The summed E-state index contributed by atoms with van der Waals surface area (Å²) in [5, 5.41) is 12.2. The molecule has 5 heteroatoms. The fourth-order valence-corrected chi connectivity index (χ4v) is 3.38. The third-order valence-corrected chi connectivity index (χ3v) is 4.88. The number of carbonyl (C=O) groups is 1. The van der Waals surface area contributed by atoms with Gasteiger partial charge in [-0.1, -0.05) is 78.4 Å². The first kappa shape index (κ1) is 20.3. The number of carbonyl (C=O) groups excluding carboxylic acids is 1. The van der Waals surface area contributed by atoms with Gasteiger partial charge in [0.15, 0.2) is 5.82 Å². The molecule has 31 heavy (non-hydrogen) atoms. The van der Waals surface area contributed by atoms with Gasteiger partial charge >= 0.3 is 5.97 Å². The minimum atomic E-state index is -0.442. The molecule has 0 aliphatic rings. The second-order valence-electron chi connectivity index (χ2n) is 7.09. The van der Waals surface area contributed by atoms with Gasteiger partial charge < -0.3 is 10.1 Å². The average Bonchev–Trinajstić information content (AvgIpc) is 2.81. The highest BCUT2D eigenvalue weighted by Gasteiger charge is 2.25. The van der Waals surface area contributed by atoms with Crippen LogP contribution in [0.2, 0.25) is 0 Å². The number of nitrogens with zero attached hydrogens (tertiary/aromatic N) is 2. The average molecular weight is 409 g/mol. The van der Waals surface area contributed by atoms with Gasteiger partial charge in [-0.05, 0) is 31.5 Å². The molecule has 0 spiro atoms. The van der Waals surface area contributed by atoms with Gasteiger partial charge in [0.2, 0.25) is 0 Å². The Morgan fingerprint density at radius 1 is 0.839 bits per heavy atom. The Morgan fingerprint density at radius 3 is 2.06 bits per heavy atom. The maximum absolute atomic E-state index is 13.2. The molecule has 4 aromatic rings. The molecule has 4 rings (SSSR count). The highest BCUT2D eigenvalue weighted by Crippen LogP contribution is 2.37. The number of hydrogen-bond acceptors (Lipinski definition) is 5. The van der Waals surface area contributed by atoms with Crippen LogP contribution < -0.4 is 5.32 Å². The third kappa shape index (κ3) is 4.46. The quantitative estimate of drug-likeness (QED) is 0.393. The van der Waals surface area contributed by atoms with E-state index in [9.17, 15) is 4.79 Å². The molecule has 5 nitrogen and oxygen atoms in total.